The molecule has 0 spiro atoms. The molecule has 1 atom stereocenters. The highest BCUT2D eigenvalue weighted by atomic mass is 32.1. The van der Waals surface area contributed by atoms with Gasteiger partial charge in [-0.1, -0.05) is 6.07 Å². The first-order valence-corrected chi connectivity index (χ1v) is 7.93. The van der Waals surface area contributed by atoms with E-state index in [4.69, 9.17) is 4.74 Å². The molecule has 0 bridgehead atoms. The molecule has 1 unspecified atom stereocenters. The summed E-state index contributed by atoms with van der Waals surface area (Å²) >= 11 is 1.63. The van der Waals surface area contributed by atoms with Gasteiger partial charge < -0.3 is 14.2 Å². The number of hydrogen-bond acceptors (Lipinski definition) is 4. The fourth-order valence-corrected chi connectivity index (χ4v) is 3.44. The van der Waals surface area contributed by atoms with Gasteiger partial charge in [0.1, 0.15) is 5.82 Å². The van der Waals surface area contributed by atoms with Crippen molar-refractivity contribution in [2.24, 2.45) is 5.92 Å². The maximum absolute atomic E-state index is 12.6. The second kappa shape index (κ2) is 6.41. The minimum Gasteiger partial charge on any atom is -0.384 e. The van der Waals surface area contributed by atoms with E-state index in [0.717, 1.165) is 23.8 Å². The van der Waals surface area contributed by atoms with Crippen molar-refractivity contribution >= 4 is 17.2 Å². The first-order valence-electron chi connectivity index (χ1n) is 7.05. The number of carbonyl (C=O) groups excluding carboxylic acids is 1. The number of thiophene rings is 1. The lowest BCUT2D eigenvalue weighted by Crippen LogP contribution is -2.36. The Kier molecular flexibility index (Phi) is 4.36. The fourth-order valence-electron chi connectivity index (χ4n) is 2.75. The largest absolute Gasteiger partial charge is 0.384 e. The number of amides is 1. The summed E-state index contributed by atoms with van der Waals surface area (Å²) in [6.45, 7) is 2.81. The van der Waals surface area contributed by atoms with Gasteiger partial charge in [0, 0.05) is 43.4 Å². The van der Waals surface area contributed by atoms with E-state index in [0.29, 0.717) is 25.5 Å². The Morgan fingerprint density at radius 2 is 2.43 bits per heavy atom. The number of methoxy groups -OCH3 is 1. The van der Waals surface area contributed by atoms with Crippen LogP contribution in [0.1, 0.15) is 10.7 Å². The molecule has 2 aromatic heterocycles. The number of fused-ring (bicyclic) bond motifs is 1. The monoisotopic (exact) mass is 305 g/mol. The lowest BCUT2D eigenvalue weighted by Gasteiger charge is -2.23. The number of hydrogen-bond donors (Lipinski definition) is 0. The SMILES string of the molecule is COCC1CN(C(=O)Cc2cccs2)Cc2nccn2C1. The molecule has 0 fully saturated rings. The molecule has 1 aliphatic rings. The number of imidazole rings is 1. The molecule has 6 heteroatoms. The van der Waals surface area contributed by atoms with Crippen molar-refractivity contribution in [2.45, 2.75) is 19.5 Å². The van der Waals surface area contributed by atoms with Gasteiger partial charge in [-0.3, -0.25) is 4.79 Å². The first-order chi connectivity index (χ1) is 10.3. The van der Waals surface area contributed by atoms with Crippen LogP contribution in [-0.2, 0) is 29.0 Å². The molecule has 0 aromatic carbocycles. The van der Waals surface area contributed by atoms with Crippen LogP contribution in [0.15, 0.2) is 29.9 Å². The van der Waals surface area contributed by atoms with Crippen molar-refractivity contribution in [2.75, 3.05) is 20.3 Å². The molecule has 0 radical (unpaired) electrons. The van der Waals surface area contributed by atoms with Crippen molar-refractivity contribution in [1.82, 2.24) is 14.5 Å². The molecular weight excluding hydrogens is 286 g/mol. The van der Waals surface area contributed by atoms with Crippen LogP contribution in [0.25, 0.3) is 0 Å². The maximum atomic E-state index is 12.6. The van der Waals surface area contributed by atoms with E-state index < -0.39 is 0 Å². The van der Waals surface area contributed by atoms with Crippen molar-refractivity contribution in [3.63, 3.8) is 0 Å². The van der Waals surface area contributed by atoms with Crippen LogP contribution in [-0.4, -0.2) is 40.6 Å². The van der Waals surface area contributed by atoms with E-state index in [1.54, 1.807) is 24.6 Å². The molecule has 5 nitrogen and oxygen atoms in total. The summed E-state index contributed by atoms with van der Waals surface area (Å²) in [5, 5.41) is 2.01. The third-order valence-electron chi connectivity index (χ3n) is 3.73. The fraction of sp³-hybridized carbons (Fsp3) is 0.467. The van der Waals surface area contributed by atoms with Gasteiger partial charge in [0.05, 0.1) is 19.6 Å². The summed E-state index contributed by atoms with van der Waals surface area (Å²) in [7, 11) is 1.71. The Hall–Kier alpha value is -1.66. The number of ether oxygens (including phenoxy) is 1. The molecule has 0 saturated carbocycles. The van der Waals surface area contributed by atoms with Gasteiger partial charge in [0.2, 0.25) is 5.91 Å². The van der Waals surface area contributed by atoms with E-state index >= 15 is 0 Å². The molecule has 112 valence electrons. The summed E-state index contributed by atoms with van der Waals surface area (Å²) in [5.41, 5.74) is 0. The van der Waals surface area contributed by atoms with Gasteiger partial charge in [0.15, 0.2) is 0 Å². The zero-order valence-corrected chi connectivity index (χ0v) is 12.9. The number of aromatic nitrogens is 2. The van der Waals surface area contributed by atoms with E-state index in [1.165, 1.54) is 0 Å². The third-order valence-corrected chi connectivity index (χ3v) is 4.60. The van der Waals surface area contributed by atoms with Crippen LogP contribution in [0.5, 0.6) is 0 Å². The molecule has 2 aromatic rings. The quantitative estimate of drug-likeness (QED) is 0.865. The molecule has 0 saturated heterocycles. The van der Waals surface area contributed by atoms with E-state index in [2.05, 4.69) is 9.55 Å². The molecule has 1 aliphatic heterocycles. The second-order valence-corrected chi connectivity index (χ2v) is 6.38. The summed E-state index contributed by atoms with van der Waals surface area (Å²) in [6, 6.07) is 3.99. The smallest absolute Gasteiger partial charge is 0.228 e. The molecule has 0 aliphatic carbocycles. The average Bonchev–Trinajstić information content (AvgIpc) is 3.08. The van der Waals surface area contributed by atoms with Crippen LogP contribution in [0.2, 0.25) is 0 Å². The Morgan fingerprint density at radius 3 is 3.19 bits per heavy atom. The van der Waals surface area contributed by atoms with Crippen LogP contribution in [0.3, 0.4) is 0 Å². The first kappa shape index (κ1) is 14.3. The summed E-state index contributed by atoms with van der Waals surface area (Å²) in [5.74, 6) is 1.42. The van der Waals surface area contributed by atoms with Crippen molar-refractivity contribution in [3.8, 4) is 0 Å². The highest BCUT2D eigenvalue weighted by Crippen LogP contribution is 2.18. The lowest BCUT2D eigenvalue weighted by atomic mass is 10.1. The summed E-state index contributed by atoms with van der Waals surface area (Å²) < 4.78 is 7.42. The van der Waals surface area contributed by atoms with E-state index in [9.17, 15) is 4.79 Å². The summed E-state index contributed by atoms with van der Waals surface area (Å²) in [4.78, 5) is 19.9. The zero-order chi connectivity index (χ0) is 14.7. The maximum Gasteiger partial charge on any atom is 0.228 e. The normalized spacial score (nSPS) is 18.3. The van der Waals surface area contributed by atoms with E-state index in [-0.39, 0.29) is 5.91 Å². The highest BCUT2D eigenvalue weighted by Gasteiger charge is 2.25. The minimum atomic E-state index is 0.162. The zero-order valence-electron chi connectivity index (χ0n) is 12.1. The Bertz CT molecular complexity index is 594. The lowest BCUT2D eigenvalue weighted by molar-refractivity contribution is -0.131. The van der Waals surface area contributed by atoms with Gasteiger partial charge in [0.25, 0.3) is 0 Å². The second-order valence-electron chi connectivity index (χ2n) is 5.35. The highest BCUT2D eigenvalue weighted by molar-refractivity contribution is 7.10. The number of carbonyl (C=O) groups is 1. The number of rotatable bonds is 4. The topological polar surface area (TPSA) is 47.4 Å². The number of nitrogens with zero attached hydrogens (tertiary/aromatic N) is 3. The minimum absolute atomic E-state index is 0.162. The van der Waals surface area contributed by atoms with Crippen molar-refractivity contribution in [3.05, 3.63) is 40.6 Å². The molecule has 21 heavy (non-hydrogen) atoms. The van der Waals surface area contributed by atoms with Gasteiger partial charge >= 0.3 is 0 Å². The van der Waals surface area contributed by atoms with Crippen LogP contribution in [0.4, 0.5) is 0 Å². The van der Waals surface area contributed by atoms with Gasteiger partial charge in [-0.25, -0.2) is 4.98 Å². The average molecular weight is 305 g/mol. The predicted octanol–water partition coefficient (Wildman–Crippen LogP) is 1.79. The molecule has 3 heterocycles. The standard InChI is InChI=1S/C15H19N3O2S/c1-20-11-12-8-17-5-4-16-14(17)10-18(9-12)15(19)7-13-3-2-6-21-13/h2-6,12H,7-11H2,1H3. The molecule has 0 N–H and O–H groups in total. The Labute approximate surface area is 128 Å². The molecular formula is C15H19N3O2S. The Morgan fingerprint density at radius 1 is 1.52 bits per heavy atom. The van der Waals surface area contributed by atoms with Crippen molar-refractivity contribution < 1.29 is 9.53 Å². The third kappa shape index (κ3) is 3.33. The Balaban J connectivity index is 1.75. The van der Waals surface area contributed by atoms with Crippen molar-refractivity contribution in [1.29, 1.82) is 0 Å². The van der Waals surface area contributed by atoms with Crippen LogP contribution < -0.4 is 0 Å². The van der Waals surface area contributed by atoms with E-state index in [1.807, 2.05) is 28.6 Å². The molecule has 3 rings (SSSR count). The molecule has 1 amide bonds. The van der Waals surface area contributed by atoms with Gasteiger partial charge in [-0.05, 0) is 11.4 Å². The van der Waals surface area contributed by atoms with Gasteiger partial charge in [-0.2, -0.15) is 0 Å². The predicted molar refractivity (Wildman–Crippen MR) is 81.0 cm³/mol. The van der Waals surface area contributed by atoms with Crippen LogP contribution in [0, 0.1) is 5.92 Å². The van der Waals surface area contributed by atoms with Crippen LogP contribution >= 0.6 is 11.3 Å². The van der Waals surface area contributed by atoms with Gasteiger partial charge in [-0.15, -0.1) is 11.3 Å². The summed E-state index contributed by atoms with van der Waals surface area (Å²) in [6.07, 6.45) is 4.25.